The Labute approximate surface area is 121 Å². The average Bonchev–Trinajstić information content (AvgIpc) is 2.71. The lowest BCUT2D eigenvalue weighted by Gasteiger charge is -2.19. The fraction of sp³-hybridized carbons (Fsp3) is 0.368. The van der Waals surface area contributed by atoms with E-state index in [-0.39, 0.29) is 6.10 Å². The first-order chi connectivity index (χ1) is 9.56. The van der Waals surface area contributed by atoms with Crippen LogP contribution in [0.3, 0.4) is 0 Å². The fourth-order valence-corrected chi connectivity index (χ4v) is 3.63. The summed E-state index contributed by atoms with van der Waals surface area (Å²) in [6.45, 7) is 6.51. The van der Waals surface area contributed by atoms with Gasteiger partial charge in [-0.2, -0.15) is 0 Å². The maximum absolute atomic E-state index is 10.5. The van der Waals surface area contributed by atoms with Crippen LogP contribution >= 0.6 is 0 Å². The van der Waals surface area contributed by atoms with Crippen LogP contribution in [0.4, 0.5) is 0 Å². The van der Waals surface area contributed by atoms with E-state index in [1.807, 2.05) is 6.07 Å². The molecule has 104 valence electrons. The van der Waals surface area contributed by atoms with Crippen molar-refractivity contribution in [3.63, 3.8) is 0 Å². The Morgan fingerprint density at radius 3 is 2.35 bits per heavy atom. The summed E-state index contributed by atoms with van der Waals surface area (Å²) in [6.07, 6.45) is 1.64. The molecule has 0 bridgehead atoms. The minimum atomic E-state index is -0.314. The van der Waals surface area contributed by atoms with Crippen molar-refractivity contribution in [2.45, 2.75) is 39.7 Å². The highest BCUT2D eigenvalue weighted by atomic mass is 16.3. The van der Waals surface area contributed by atoms with E-state index in [0.717, 1.165) is 18.4 Å². The van der Waals surface area contributed by atoms with Crippen LogP contribution in [0.15, 0.2) is 36.4 Å². The van der Waals surface area contributed by atoms with Crippen LogP contribution in [-0.4, -0.2) is 5.11 Å². The number of aliphatic hydroxyl groups is 1. The summed E-state index contributed by atoms with van der Waals surface area (Å²) in [5, 5.41) is 10.5. The van der Waals surface area contributed by atoms with Gasteiger partial charge in [-0.05, 0) is 67.3 Å². The molecule has 20 heavy (non-hydrogen) atoms. The minimum absolute atomic E-state index is 0.313. The second-order valence-electron chi connectivity index (χ2n) is 6.19. The highest BCUT2D eigenvalue weighted by Crippen LogP contribution is 2.38. The molecule has 2 aromatic rings. The van der Waals surface area contributed by atoms with Gasteiger partial charge in [0.15, 0.2) is 0 Å². The van der Waals surface area contributed by atoms with Gasteiger partial charge in [0.1, 0.15) is 0 Å². The normalized spacial score (nSPS) is 21.0. The molecule has 1 nitrogen and oxygen atoms in total. The summed E-state index contributed by atoms with van der Waals surface area (Å²) in [5.74, 6) is 0.313. The van der Waals surface area contributed by atoms with Gasteiger partial charge in [-0.15, -0.1) is 0 Å². The third-order valence-corrected chi connectivity index (χ3v) is 4.61. The van der Waals surface area contributed by atoms with E-state index in [9.17, 15) is 5.11 Å². The summed E-state index contributed by atoms with van der Waals surface area (Å²) in [6, 6.07) is 12.8. The molecule has 2 atom stereocenters. The summed E-state index contributed by atoms with van der Waals surface area (Å²) >= 11 is 0. The second kappa shape index (κ2) is 5.06. The van der Waals surface area contributed by atoms with E-state index in [2.05, 4.69) is 51.1 Å². The van der Waals surface area contributed by atoms with Crippen LogP contribution in [0.25, 0.3) is 0 Å². The van der Waals surface area contributed by atoms with Crippen LogP contribution in [0.1, 0.15) is 39.5 Å². The quantitative estimate of drug-likeness (QED) is 0.869. The first-order valence-electron chi connectivity index (χ1n) is 7.39. The molecule has 0 heterocycles. The summed E-state index contributed by atoms with van der Waals surface area (Å²) in [5.41, 5.74) is 7.87. The van der Waals surface area contributed by atoms with E-state index >= 15 is 0 Å². The van der Waals surface area contributed by atoms with Crippen LogP contribution < -0.4 is 0 Å². The third kappa shape index (κ3) is 2.27. The zero-order valence-electron chi connectivity index (χ0n) is 12.5. The van der Waals surface area contributed by atoms with Crippen molar-refractivity contribution in [3.05, 3.63) is 69.8 Å². The molecule has 1 N–H and O–H groups in total. The molecule has 0 saturated carbocycles. The molecule has 0 aromatic heterocycles. The van der Waals surface area contributed by atoms with E-state index < -0.39 is 0 Å². The van der Waals surface area contributed by atoms with Gasteiger partial charge in [0, 0.05) is 0 Å². The Kier molecular flexibility index (Phi) is 3.39. The molecule has 2 unspecified atom stereocenters. The van der Waals surface area contributed by atoms with Crippen molar-refractivity contribution in [2.24, 2.45) is 5.92 Å². The molecular formula is C19H22O. The van der Waals surface area contributed by atoms with E-state index in [4.69, 9.17) is 0 Å². The minimum Gasteiger partial charge on any atom is -0.388 e. The zero-order valence-corrected chi connectivity index (χ0v) is 12.5. The van der Waals surface area contributed by atoms with Gasteiger partial charge in [-0.25, -0.2) is 0 Å². The molecule has 0 radical (unpaired) electrons. The maximum atomic E-state index is 10.5. The van der Waals surface area contributed by atoms with Gasteiger partial charge in [0.05, 0.1) is 6.10 Å². The number of rotatable bonds is 2. The largest absolute Gasteiger partial charge is 0.388 e. The van der Waals surface area contributed by atoms with Gasteiger partial charge in [-0.3, -0.25) is 0 Å². The van der Waals surface area contributed by atoms with Crippen molar-refractivity contribution in [2.75, 3.05) is 0 Å². The van der Waals surface area contributed by atoms with Crippen LogP contribution in [0, 0.1) is 26.7 Å². The molecule has 3 rings (SSSR count). The monoisotopic (exact) mass is 266 g/mol. The summed E-state index contributed by atoms with van der Waals surface area (Å²) in [7, 11) is 0. The molecule has 1 heteroatoms. The maximum Gasteiger partial charge on any atom is 0.0827 e. The van der Waals surface area contributed by atoms with Crippen molar-refractivity contribution in [1.82, 2.24) is 0 Å². The molecular weight excluding hydrogens is 244 g/mol. The average molecular weight is 266 g/mol. The number of hydrogen-bond donors (Lipinski definition) is 1. The van der Waals surface area contributed by atoms with Crippen molar-refractivity contribution >= 4 is 0 Å². The standard InChI is InChI=1S/C19H22O/c1-12-8-13(2)18(14(3)9-12)11-16-10-15-6-4-5-7-17(15)19(16)20/h4-9,16,19-20H,10-11H2,1-3H3. The highest BCUT2D eigenvalue weighted by molar-refractivity contribution is 5.40. The van der Waals surface area contributed by atoms with Crippen molar-refractivity contribution < 1.29 is 5.11 Å². The Morgan fingerprint density at radius 2 is 1.70 bits per heavy atom. The van der Waals surface area contributed by atoms with E-state index in [1.54, 1.807) is 0 Å². The lowest BCUT2D eigenvalue weighted by molar-refractivity contribution is 0.123. The Morgan fingerprint density at radius 1 is 1.05 bits per heavy atom. The van der Waals surface area contributed by atoms with Gasteiger partial charge in [-0.1, -0.05) is 42.0 Å². The number of hydrogen-bond acceptors (Lipinski definition) is 1. The molecule has 0 saturated heterocycles. The van der Waals surface area contributed by atoms with Gasteiger partial charge in [0.25, 0.3) is 0 Å². The highest BCUT2D eigenvalue weighted by Gasteiger charge is 2.31. The van der Waals surface area contributed by atoms with E-state index in [0.29, 0.717) is 5.92 Å². The lowest BCUT2D eigenvalue weighted by atomic mass is 9.89. The number of benzene rings is 2. The Bertz CT molecular complexity index is 619. The number of fused-ring (bicyclic) bond motifs is 1. The Hall–Kier alpha value is -1.60. The predicted molar refractivity (Wildman–Crippen MR) is 83.0 cm³/mol. The molecule has 0 fully saturated rings. The molecule has 1 aliphatic rings. The first kappa shape index (κ1) is 13.4. The third-order valence-electron chi connectivity index (χ3n) is 4.61. The van der Waals surface area contributed by atoms with E-state index in [1.165, 1.54) is 27.8 Å². The Balaban J connectivity index is 1.88. The summed E-state index contributed by atoms with van der Waals surface area (Å²) in [4.78, 5) is 0. The zero-order chi connectivity index (χ0) is 14.3. The van der Waals surface area contributed by atoms with Crippen molar-refractivity contribution in [3.8, 4) is 0 Å². The number of aryl methyl sites for hydroxylation is 3. The van der Waals surface area contributed by atoms with Crippen LogP contribution in [0.2, 0.25) is 0 Å². The summed E-state index contributed by atoms with van der Waals surface area (Å²) < 4.78 is 0. The molecule has 2 aromatic carbocycles. The van der Waals surface area contributed by atoms with Gasteiger partial charge >= 0.3 is 0 Å². The SMILES string of the molecule is Cc1cc(C)c(CC2Cc3ccccc3C2O)c(C)c1. The first-order valence-corrected chi connectivity index (χ1v) is 7.39. The topological polar surface area (TPSA) is 20.2 Å². The molecule has 0 amide bonds. The van der Waals surface area contributed by atoms with Gasteiger partial charge < -0.3 is 5.11 Å². The fourth-order valence-electron chi connectivity index (χ4n) is 3.63. The predicted octanol–water partition coefficient (Wildman–Crippen LogP) is 4.06. The van der Waals surface area contributed by atoms with Gasteiger partial charge in [0.2, 0.25) is 0 Å². The number of aliphatic hydroxyl groups excluding tert-OH is 1. The second-order valence-corrected chi connectivity index (χ2v) is 6.19. The smallest absolute Gasteiger partial charge is 0.0827 e. The molecule has 0 aliphatic heterocycles. The lowest BCUT2D eigenvalue weighted by Crippen LogP contribution is -2.12. The molecule has 1 aliphatic carbocycles. The van der Waals surface area contributed by atoms with Crippen LogP contribution in [-0.2, 0) is 12.8 Å². The van der Waals surface area contributed by atoms with Crippen LogP contribution in [0.5, 0.6) is 0 Å². The molecule has 0 spiro atoms. The van der Waals surface area contributed by atoms with Crippen molar-refractivity contribution in [1.29, 1.82) is 0 Å².